The van der Waals surface area contributed by atoms with Crippen LogP contribution in [0.4, 0.5) is 0 Å². The summed E-state index contributed by atoms with van der Waals surface area (Å²) in [7, 11) is -2.49. The van der Waals surface area contributed by atoms with Gasteiger partial charge in [-0.3, -0.25) is 15.0 Å². The number of carbonyl (C=O) groups is 1. The molecule has 0 radical (unpaired) electrons. The van der Waals surface area contributed by atoms with E-state index in [9.17, 15) is 13.2 Å². The van der Waals surface area contributed by atoms with Crippen molar-refractivity contribution in [2.75, 3.05) is 7.11 Å². The minimum absolute atomic E-state index is 0.0229. The third-order valence-corrected chi connectivity index (χ3v) is 4.74. The molecule has 0 bridgehead atoms. The van der Waals surface area contributed by atoms with E-state index >= 15 is 0 Å². The third-order valence-electron chi connectivity index (χ3n) is 3.26. The Labute approximate surface area is 139 Å². The van der Waals surface area contributed by atoms with E-state index in [1.165, 1.54) is 43.1 Å². The van der Waals surface area contributed by atoms with Crippen LogP contribution in [0.3, 0.4) is 0 Å². The van der Waals surface area contributed by atoms with Gasteiger partial charge < -0.3 is 4.74 Å². The number of sulfonamides is 1. The lowest BCUT2D eigenvalue weighted by molar-refractivity contribution is -0.130. The highest BCUT2D eigenvalue weighted by molar-refractivity contribution is 7.89. The maximum Gasteiger partial charge on any atom is 0.261 e. The predicted molar refractivity (Wildman–Crippen MR) is 85.0 cm³/mol. The SMILES string of the molecule is COc1ccc(S(=O)(=O)N[C@H](Cc2cccnc2)C(=O)NO)cc1. The zero-order valence-electron chi connectivity index (χ0n) is 12.8. The normalized spacial score (nSPS) is 12.4. The zero-order valence-corrected chi connectivity index (χ0v) is 13.7. The molecule has 1 atom stereocenters. The summed E-state index contributed by atoms with van der Waals surface area (Å²) in [6.45, 7) is 0. The maximum absolute atomic E-state index is 12.4. The number of pyridine rings is 1. The average molecular weight is 351 g/mol. The average Bonchev–Trinajstić information content (AvgIpc) is 2.61. The van der Waals surface area contributed by atoms with Crippen LogP contribution < -0.4 is 14.9 Å². The zero-order chi connectivity index (χ0) is 17.6. The van der Waals surface area contributed by atoms with Crippen molar-refractivity contribution in [3.05, 3.63) is 54.4 Å². The van der Waals surface area contributed by atoms with E-state index in [1.54, 1.807) is 18.3 Å². The molecule has 0 saturated carbocycles. The van der Waals surface area contributed by atoms with Gasteiger partial charge in [-0.15, -0.1) is 0 Å². The molecular formula is C15H17N3O5S. The summed E-state index contributed by atoms with van der Waals surface area (Å²) >= 11 is 0. The summed E-state index contributed by atoms with van der Waals surface area (Å²) in [5.41, 5.74) is 2.11. The Bertz CT molecular complexity index is 779. The van der Waals surface area contributed by atoms with Crippen LogP contribution in [-0.2, 0) is 21.2 Å². The highest BCUT2D eigenvalue weighted by Gasteiger charge is 2.26. The summed E-state index contributed by atoms with van der Waals surface area (Å²) in [6, 6.07) is 7.89. The van der Waals surface area contributed by atoms with Crippen LogP contribution in [-0.4, -0.2) is 37.7 Å². The predicted octanol–water partition coefficient (Wildman–Crippen LogP) is 0.485. The minimum atomic E-state index is -3.96. The molecule has 0 saturated heterocycles. The minimum Gasteiger partial charge on any atom is -0.497 e. The van der Waals surface area contributed by atoms with E-state index in [0.717, 1.165) is 0 Å². The molecule has 128 valence electrons. The van der Waals surface area contributed by atoms with E-state index in [0.29, 0.717) is 11.3 Å². The highest BCUT2D eigenvalue weighted by atomic mass is 32.2. The van der Waals surface area contributed by atoms with Crippen molar-refractivity contribution in [1.82, 2.24) is 15.2 Å². The van der Waals surface area contributed by atoms with Gasteiger partial charge in [-0.2, -0.15) is 4.72 Å². The molecule has 2 aromatic rings. The molecule has 1 aromatic carbocycles. The molecule has 24 heavy (non-hydrogen) atoms. The number of methoxy groups -OCH3 is 1. The Morgan fingerprint density at radius 1 is 1.29 bits per heavy atom. The standard InChI is InChI=1S/C15H17N3O5S/c1-23-12-4-6-13(7-5-12)24(21,22)18-14(15(19)17-20)9-11-3-2-8-16-10-11/h2-8,10,14,18,20H,9H2,1H3,(H,17,19)/t14-/m1/s1. The number of hydrogen-bond donors (Lipinski definition) is 3. The second kappa shape index (κ2) is 7.86. The quantitative estimate of drug-likeness (QED) is 0.493. The van der Waals surface area contributed by atoms with Crippen molar-refractivity contribution in [2.24, 2.45) is 0 Å². The number of aromatic nitrogens is 1. The van der Waals surface area contributed by atoms with E-state index in [2.05, 4.69) is 9.71 Å². The molecule has 9 heteroatoms. The van der Waals surface area contributed by atoms with Gasteiger partial charge in [0, 0.05) is 12.4 Å². The summed E-state index contributed by atoms with van der Waals surface area (Å²) in [5, 5.41) is 8.85. The van der Waals surface area contributed by atoms with Crippen LogP contribution in [0.1, 0.15) is 5.56 Å². The van der Waals surface area contributed by atoms with Gasteiger partial charge in [-0.05, 0) is 42.3 Å². The van der Waals surface area contributed by atoms with Crippen LogP contribution in [0, 0.1) is 0 Å². The maximum atomic E-state index is 12.4. The molecule has 0 aliphatic heterocycles. The second-order valence-corrected chi connectivity index (χ2v) is 6.60. The van der Waals surface area contributed by atoms with Gasteiger partial charge in [-0.25, -0.2) is 13.9 Å². The van der Waals surface area contributed by atoms with Gasteiger partial charge in [0.2, 0.25) is 10.0 Å². The molecule has 1 heterocycles. The van der Waals surface area contributed by atoms with Crippen LogP contribution in [0.15, 0.2) is 53.7 Å². The first-order valence-corrected chi connectivity index (χ1v) is 8.44. The summed E-state index contributed by atoms with van der Waals surface area (Å²) in [4.78, 5) is 15.7. The number of ether oxygens (including phenoxy) is 1. The molecule has 1 amide bonds. The van der Waals surface area contributed by atoms with Gasteiger partial charge in [0.05, 0.1) is 12.0 Å². The van der Waals surface area contributed by atoms with Crippen molar-refractivity contribution in [3.8, 4) is 5.75 Å². The first-order chi connectivity index (χ1) is 11.5. The third kappa shape index (κ3) is 4.51. The van der Waals surface area contributed by atoms with E-state index < -0.39 is 22.0 Å². The Hall–Kier alpha value is -2.49. The molecular weight excluding hydrogens is 334 g/mol. The Balaban J connectivity index is 2.22. The number of nitrogens with zero attached hydrogens (tertiary/aromatic N) is 1. The molecule has 0 unspecified atom stereocenters. The Morgan fingerprint density at radius 3 is 2.54 bits per heavy atom. The summed E-state index contributed by atoms with van der Waals surface area (Å²) < 4.78 is 32.1. The fourth-order valence-electron chi connectivity index (χ4n) is 2.03. The van der Waals surface area contributed by atoms with Crippen LogP contribution in [0.5, 0.6) is 5.75 Å². The number of hydrogen-bond acceptors (Lipinski definition) is 6. The first kappa shape index (κ1) is 17.9. The monoisotopic (exact) mass is 351 g/mol. The van der Waals surface area contributed by atoms with E-state index in [1.807, 2.05) is 0 Å². The lowest BCUT2D eigenvalue weighted by Gasteiger charge is -2.17. The molecule has 0 fully saturated rings. The van der Waals surface area contributed by atoms with Gasteiger partial charge in [0.15, 0.2) is 0 Å². The van der Waals surface area contributed by atoms with Crippen LogP contribution >= 0.6 is 0 Å². The lowest BCUT2D eigenvalue weighted by Crippen LogP contribution is -2.47. The van der Waals surface area contributed by atoms with E-state index in [-0.39, 0.29) is 11.3 Å². The number of hydroxylamine groups is 1. The molecule has 3 N–H and O–H groups in total. The first-order valence-electron chi connectivity index (χ1n) is 6.95. The van der Waals surface area contributed by atoms with Gasteiger partial charge in [0.1, 0.15) is 11.8 Å². The van der Waals surface area contributed by atoms with Crippen molar-refractivity contribution < 1.29 is 23.2 Å². The molecule has 0 aliphatic rings. The van der Waals surface area contributed by atoms with Crippen LogP contribution in [0.2, 0.25) is 0 Å². The van der Waals surface area contributed by atoms with E-state index in [4.69, 9.17) is 9.94 Å². The lowest BCUT2D eigenvalue weighted by atomic mass is 10.1. The topological polar surface area (TPSA) is 118 Å². The number of carbonyl (C=O) groups excluding carboxylic acids is 1. The molecule has 2 rings (SSSR count). The second-order valence-electron chi connectivity index (χ2n) is 4.89. The van der Waals surface area contributed by atoms with Crippen molar-refractivity contribution >= 4 is 15.9 Å². The summed E-state index contributed by atoms with van der Waals surface area (Å²) in [5.74, 6) is -0.357. The Kier molecular flexibility index (Phi) is 5.85. The Morgan fingerprint density at radius 2 is 2.00 bits per heavy atom. The molecule has 0 aliphatic carbocycles. The van der Waals surface area contributed by atoms with Gasteiger partial charge in [0.25, 0.3) is 5.91 Å². The van der Waals surface area contributed by atoms with Gasteiger partial charge >= 0.3 is 0 Å². The largest absolute Gasteiger partial charge is 0.497 e. The smallest absolute Gasteiger partial charge is 0.261 e. The van der Waals surface area contributed by atoms with Crippen molar-refractivity contribution in [3.63, 3.8) is 0 Å². The molecule has 0 spiro atoms. The van der Waals surface area contributed by atoms with Gasteiger partial charge in [-0.1, -0.05) is 6.07 Å². The van der Waals surface area contributed by atoms with Crippen LogP contribution in [0.25, 0.3) is 0 Å². The molecule has 1 aromatic heterocycles. The van der Waals surface area contributed by atoms with Crippen molar-refractivity contribution in [2.45, 2.75) is 17.4 Å². The van der Waals surface area contributed by atoms with Crippen molar-refractivity contribution in [1.29, 1.82) is 0 Å². The fourth-order valence-corrected chi connectivity index (χ4v) is 3.23. The fraction of sp³-hybridized carbons (Fsp3) is 0.200. The number of nitrogens with one attached hydrogen (secondary N) is 2. The number of amides is 1. The summed E-state index contributed by atoms with van der Waals surface area (Å²) in [6.07, 6.45) is 3.11. The number of benzene rings is 1. The molecule has 8 nitrogen and oxygen atoms in total. The highest BCUT2D eigenvalue weighted by Crippen LogP contribution is 2.16. The number of rotatable bonds is 7.